The molecule has 1 aliphatic carbocycles. The average Bonchev–Trinajstić information content (AvgIpc) is 2.87. The number of hydrogen-bond donors (Lipinski definition) is 1. The maximum Gasteiger partial charge on any atom is 0.409 e. The molecule has 0 radical (unpaired) electrons. The molecule has 2 aliphatic rings. The SMILES string of the molecule is COC(=O)N1CCC(NC2CCC(C)C2)C1. The first-order chi connectivity index (χ1) is 7.69. The third-order valence-electron chi connectivity index (χ3n) is 3.79. The Morgan fingerprint density at radius 2 is 2.12 bits per heavy atom. The second-order valence-corrected chi connectivity index (χ2v) is 5.18. The van der Waals surface area contributed by atoms with E-state index in [1.54, 1.807) is 4.90 Å². The number of ether oxygens (including phenoxy) is 1. The molecule has 92 valence electrons. The maximum absolute atomic E-state index is 11.3. The number of hydrogen-bond acceptors (Lipinski definition) is 3. The van der Waals surface area contributed by atoms with Crippen LogP contribution >= 0.6 is 0 Å². The van der Waals surface area contributed by atoms with Crippen molar-refractivity contribution >= 4 is 6.09 Å². The Morgan fingerprint density at radius 3 is 2.75 bits per heavy atom. The Labute approximate surface area is 97.3 Å². The van der Waals surface area contributed by atoms with Gasteiger partial charge in [-0.1, -0.05) is 6.92 Å². The van der Waals surface area contributed by atoms with Crippen LogP contribution in [0.25, 0.3) is 0 Å². The van der Waals surface area contributed by atoms with E-state index in [2.05, 4.69) is 12.2 Å². The Kier molecular flexibility index (Phi) is 3.69. The highest BCUT2D eigenvalue weighted by Gasteiger charge is 2.30. The van der Waals surface area contributed by atoms with Crippen LogP contribution in [0.4, 0.5) is 4.79 Å². The molecule has 1 aliphatic heterocycles. The highest BCUT2D eigenvalue weighted by Crippen LogP contribution is 2.25. The van der Waals surface area contributed by atoms with Gasteiger partial charge in [0.25, 0.3) is 0 Å². The van der Waals surface area contributed by atoms with E-state index in [4.69, 9.17) is 4.74 Å². The second kappa shape index (κ2) is 5.04. The summed E-state index contributed by atoms with van der Waals surface area (Å²) in [5.74, 6) is 0.857. The lowest BCUT2D eigenvalue weighted by Gasteiger charge is -2.19. The summed E-state index contributed by atoms with van der Waals surface area (Å²) in [6, 6.07) is 1.13. The van der Waals surface area contributed by atoms with Crippen molar-refractivity contribution < 1.29 is 9.53 Å². The van der Waals surface area contributed by atoms with Crippen LogP contribution < -0.4 is 5.32 Å². The zero-order chi connectivity index (χ0) is 11.5. The van der Waals surface area contributed by atoms with E-state index in [9.17, 15) is 4.79 Å². The first-order valence-electron chi connectivity index (χ1n) is 6.28. The fourth-order valence-corrected chi connectivity index (χ4v) is 2.88. The minimum absolute atomic E-state index is 0.191. The molecule has 4 heteroatoms. The minimum Gasteiger partial charge on any atom is -0.453 e. The number of methoxy groups -OCH3 is 1. The van der Waals surface area contributed by atoms with E-state index in [0.717, 1.165) is 25.4 Å². The van der Waals surface area contributed by atoms with Crippen LogP contribution in [0.2, 0.25) is 0 Å². The molecule has 0 aromatic carbocycles. The molecule has 1 saturated carbocycles. The molecule has 0 bridgehead atoms. The van der Waals surface area contributed by atoms with Crippen LogP contribution in [0, 0.1) is 5.92 Å². The van der Waals surface area contributed by atoms with Crippen molar-refractivity contribution in [3.05, 3.63) is 0 Å². The van der Waals surface area contributed by atoms with Crippen LogP contribution in [0.1, 0.15) is 32.6 Å². The van der Waals surface area contributed by atoms with Gasteiger partial charge in [0.15, 0.2) is 0 Å². The van der Waals surface area contributed by atoms with Crippen LogP contribution in [0.15, 0.2) is 0 Å². The molecule has 1 amide bonds. The second-order valence-electron chi connectivity index (χ2n) is 5.18. The molecule has 16 heavy (non-hydrogen) atoms. The van der Waals surface area contributed by atoms with Crippen molar-refractivity contribution in [1.82, 2.24) is 10.2 Å². The summed E-state index contributed by atoms with van der Waals surface area (Å²) >= 11 is 0. The third-order valence-corrected chi connectivity index (χ3v) is 3.79. The van der Waals surface area contributed by atoms with Gasteiger partial charge in [-0.15, -0.1) is 0 Å². The first kappa shape index (κ1) is 11.7. The maximum atomic E-state index is 11.3. The lowest BCUT2D eigenvalue weighted by atomic mass is 10.1. The lowest BCUT2D eigenvalue weighted by Crippen LogP contribution is -2.39. The lowest BCUT2D eigenvalue weighted by molar-refractivity contribution is 0.132. The van der Waals surface area contributed by atoms with E-state index >= 15 is 0 Å². The van der Waals surface area contributed by atoms with Crippen molar-refractivity contribution in [2.75, 3.05) is 20.2 Å². The van der Waals surface area contributed by atoms with Crippen molar-refractivity contribution in [2.24, 2.45) is 5.92 Å². The summed E-state index contributed by atoms with van der Waals surface area (Å²) in [7, 11) is 1.45. The number of nitrogens with zero attached hydrogens (tertiary/aromatic N) is 1. The minimum atomic E-state index is -0.191. The number of likely N-dealkylation sites (tertiary alicyclic amines) is 1. The van der Waals surface area contributed by atoms with Gasteiger partial charge in [0.2, 0.25) is 0 Å². The van der Waals surface area contributed by atoms with E-state index in [-0.39, 0.29) is 6.09 Å². The highest BCUT2D eigenvalue weighted by atomic mass is 16.5. The Hall–Kier alpha value is -0.770. The first-order valence-corrected chi connectivity index (χ1v) is 6.28. The van der Waals surface area contributed by atoms with Gasteiger partial charge < -0.3 is 15.0 Å². The number of carbonyl (C=O) groups excluding carboxylic acids is 1. The average molecular weight is 226 g/mol. The molecule has 2 rings (SSSR count). The molecule has 3 unspecified atom stereocenters. The van der Waals surface area contributed by atoms with Crippen molar-refractivity contribution in [3.63, 3.8) is 0 Å². The molecule has 0 spiro atoms. The molecule has 0 aromatic rings. The van der Waals surface area contributed by atoms with Crippen molar-refractivity contribution in [1.29, 1.82) is 0 Å². The van der Waals surface area contributed by atoms with Crippen LogP contribution in [-0.2, 0) is 4.74 Å². The van der Waals surface area contributed by atoms with Gasteiger partial charge >= 0.3 is 6.09 Å². The van der Waals surface area contributed by atoms with E-state index in [1.807, 2.05) is 0 Å². The van der Waals surface area contributed by atoms with Gasteiger partial charge in [0.05, 0.1) is 7.11 Å². The van der Waals surface area contributed by atoms with E-state index in [0.29, 0.717) is 12.1 Å². The Bertz CT molecular complexity index is 257. The summed E-state index contributed by atoms with van der Waals surface area (Å²) in [6.07, 6.45) is 4.78. The molecule has 3 atom stereocenters. The molecule has 1 saturated heterocycles. The van der Waals surface area contributed by atoms with Gasteiger partial charge in [0.1, 0.15) is 0 Å². The number of amides is 1. The monoisotopic (exact) mass is 226 g/mol. The normalized spacial score (nSPS) is 34.4. The predicted molar refractivity (Wildman–Crippen MR) is 62.3 cm³/mol. The zero-order valence-electron chi connectivity index (χ0n) is 10.2. The summed E-state index contributed by atoms with van der Waals surface area (Å²) in [6.45, 7) is 3.95. The summed E-state index contributed by atoms with van der Waals surface area (Å²) in [5, 5.41) is 3.67. The van der Waals surface area contributed by atoms with Gasteiger partial charge in [0, 0.05) is 25.2 Å². The van der Waals surface area contributed by atoms with Gasteiger partial charge in [-0.25, -0.2) is 4.79 Å². The van der Waals surface area contributed by atoms with Gasteiger partial charge in [-0.2, -0.15) is 0 Å². The fourth-order valence-electron chi connectivity index (χ4n) is 2.88. The topological polar surface area (TPSA) is 41.6 Å². The third kappa shape index (κ3) is 2.67. The van der Waals surface area contributed by atoms with Crippen molar-refractivity contribution in [3.8, 4) is 0 Å². The fraction of sp³-hybridized carbons (Fsp3) is 0.917. The molecule has 1 N–H and O–H groups in total. The molecular weight excluding hydrogens is 204 g/mol. The molecular formula is C12H22N2O2. The van der Waals surface area contributed by atoms with Crippen molar-refractivity contribution in [2.45, 2.75) is 44.7 Å². The standard InChI is InChI=1S/C12H22N2O2/c1-9-3-4-10(7-9)13-11-5-6-14(8-11)12(15)16-2/h9-11,13H,3-8H2,1-2H3. The summed E-state index contributed by atoms with van der Waals surface area (Å²) < 4.78 is 4.73. The van der Waals surface area contributed by atoms with E-state index < -0.39 is 0 Å². The molecule has 2 fully saturated rings. The quantitative estimate of drug-likeness (QED) is 0.777. The molecule has 4 nitrogen and oxygen atoms in total. The Morgan fingerprint density at radius 1 is 1.31 bits per heavy atom. The molecule has 1 heterocycles. The predicted octanol–water partition coefficient (Wildman–Crippen LogP) is 1.61. The Balaban J connectivity index is 1.74. The summed E-state index contributed by atoms with van der Waals surface area (Å²) in [5.41, 5.74) is 0. The largest absolute Gasteiger partial charge is 0.453 e. The number of carbonyl (C=O) groups is 1. The van der Waals surface area contributed by atoms with Gasteiger partial charge in [-0.05, 0) is 31.6 Å². The van der Waals surface area contributed by atoms with E-state index in [1.165, 1.54) is 26.4 Å². The smallest absolute Gasteiger partial charge is 0.409 e. The van der Waals surface area contributed by atoms with Gasteiger partial charge in [-0.3, -0.25) is 0 Å². The van der Waals surface area contributed by atoms with Crippen LogP contribution in [0.3, 0.4) is 0 Å². The molecule has 0 aromatic heterocycles. The van der Waals surface area contributed by atoms with Crippen LogP contribution in [-0.4, -0.2) is 43.3 Å². The van der Waals surface area contributed by atoms with Crippen LogP contribution in [0.5, 0.6) is 0 Å². The summed E-state index contributed by atoms with van der Waals surface area (Å²) in [4.78, 5) is 13.1. The number of rotatable bonds is 2. The highest BCUT2D eigenvalue weighted by molar-refractivity contribution is 5.67. The zero-order valence-corrected chi connectivity index (χ0v) is 10.2. The number of nitrogens with one attached hydrogen (secondary N) is 1.